The van der Waals surface area contributed by atoms with Gasteiger partial charge in [0.2, 0.25) is 0 Å². The number of amides is 2. The number of urea groups is 1. The van der Waals surface area contributed by atoms with Gasteiger partial charge in [-0.2, -0.15) is 0 Å². The maximum absolute atomic E-state index is 12.7. The van der Waals surface area contributed by atoms with E-state index >= 15 is 0 Å². The first-order valence-electron chi connectivity index (χ1n) is 5.86. The Kier molecular flexibility index (Phi) is 5.29. The van der Waals surface area contributed by atoms with Gasteiger partial charge in [-0.15, -0.1) is 0 Å². The van der Waals surface area contributed by atoms with Gasteiger partial charge in [-0.1, -0.05) is 12.1 Å². The summed E-state index contributed by atoms with van der Waals surface area (Å²) < 4.78 is 12.7. The molecule has 0 bridgehead atoms. The van der Waals surface area contributed by atoms with Crippen LogP contribution in [0.3, 0.4) is 0 Å². The van der Waals surface area contributed by atoms with Gasteiger partial charge in [-0.05, 0) is 24.6 Å². The number of carboxylic acid groups (broad SMARTS) is 1. The number of hydrogen-bond donors (Lipinski definition) is 2. The number of carbonyl (C=O) groups excluding carboxylic acids is 1. The highest BCUT2D eigenvalue weighted by molar-refractivity contribution is 5.75. The predicted octanol–water partition coefficient (Wildman–Crippen LogP) is 1.83. The lowest BCUT2D eigenvalue weighted by Gasteiger charge is -2.20. The van der Waals surface area contributed by atoms with Crippen LogP contribution in [0.2, 0.25) is 0 Å². The lowest BCUT2D eigenvalue weighted by atomic mass is 10.2. The molecule has 0 aliphatic rings. The molecule has 0 spiro atoms. The molecule has 1 atom stereocenters. The van der Waals surface area contributed by atoms with Crippen LogP contribution in [0, 0.1) is 5.82 Å². The Hall–Kier alpha value is -2.11. The molecule has 0 heterocycles. The molecule has 5 nitrogen and oxygen atoms in total. The third kappa shape index (κ3) is 5.37. The Labute approximate surface area is 111 Å². The standard InChI is InChI=1S/C13H17FN2O3/c1-9(7-12(17)18)15-13(19)16(2)8-10-3-5-11(14)6-4-10/h3-6,9H,7-8H2,1-2H3,(H,15,19)(H,17,18). The molecule has 0 saturated heterocycles. The first-order chi connectivity index (χ1) is 8.88. The summed E-state index contributed by atoms with van der Waals surface area (Å²) in [5.74, 6) is -1.29. The molecular weight excluding hydrogens is 251 g/mol. The van der Waals surface area contributed by atoms with E-state index < -0.39 is 12.0 Å². The summed E-state index contributed by atoms with van der Waals surface area (Å²) in [4.78, 5) is 23.6. The largest absolute Gasteiger partial charge is 0.481 e. The van der Waals surface area contributed by atoms with Crippen LogP contribution >= 0.6 is 0 Å². The number of carbonyl (C=O) groups is 2. The summed E-state index contributed by atoms with van der Waals surface area (Å²) in [7, 11) is 1.59. The van der Waals surface area contributed by atoms with Gasteiger partial charge in [-0.25, -0.2) is 9.18 Å². The molecule has 104 valence electrons. The van der Waals surface area contributed by atoms with Gasteiger partial charge in [0.25, 0.3) is 0 Å². The summed E-state index contributed by atoms with van der Waals surface area (Å²) in [6.07, 6.45) is -0.129. The van der Waals surface area contributed by atoms with Crippen LogP contribution in [-0.4, -0.2) is 35.1 Å². The molecular formula is C13H17FN2O3. The van der Waals surface area contributed by atoms with Crippen LogP contribution in [0.5, 0.6) is 0 Å². The quantitative estimate of drug-likeness (QED) is 0.856. The van der Waals surface area contributed by atoms with E-state index in [0.29, 0.717) is 6.54 Å². The monoisotopic (exact) mass is 268 g/mol. The lowest BCUT2D eigenvalue weighted by molar-refractivity contribution is -0.137. The van der Waals surface area contributed by atoms with Gasteiger partial charge in [0, 0.05) is 19.6 Å². The third-order valence-electron chi connectivity index (χ3n) is 2.53. The topological polar surface area (TPSA) is 69.6 Å². The maximum Gasteiger partial charge on any atom is 0.317 e. The molecule has 6 heteroatoms. The summed E-state index contributed by atoms with van der Waals surface area (Å²) >= 11 is 0. The molecule has 1 aromatic carbocycles. The summed E-state index contributed by atoms with van der Waals surface area (Å²) in [6.45, 7) is 1.95. The number of halogens is 1. The molecule has 0 aromatic heterocycles. The average Bonchev–Trinajstić information content (AvgIpc) is 2.30. The Morgan fingerprint density at radius 3 is 2.47 bits per heavy atom. The molecule has 0 saturated carbocycles. The summed E-state index contributed by atoms with van der Waals surface area (Å²) in [5, 5.41) is 11.2. The van der Waals surface area contributed by atoms with Crippen molar-refractivity contribution in [1.29, 1.82) is 0 Å². The van der Waals surface area contributed by atoms with E-state index in [-0.39, 0.29) is 18.3 Å². The molecule has 0 radical (unpaired) electrons. The smallest absolute Gasteiger partial charge is 0.317 e. The fourth-order valence-corrected chi connectivity index (χ4v) is 1.57. The van der Waals surface area contributed by atoms with Crippen LogP contribution in [0.1, 0.15) is 18.9 Å². The van der Waals surface area contributed by atoms with Crippen molar-refractivity contribution >= 4 is 12.0 Å². The van der Waals surface area contributed by atoms with Gasteiger partial charge in [0.05, 0.1) is 6.42 Å². The van der Waals surface area contributed by atoms with E-state index in [1.54, 1.807) is 26.1 Å². The van der Waals surface area contributed by atoms with Gasteiger partial charge >= 0.3 is 12.0 Å². The SMILES string of the molecule is CC(CC(=O)O)NC(=O)N(C)Cc1ccc(F)cc1. The summed E-state index contributed by atoms with van der Waals surface area (Å²) in [6, 6.07) is 5.04. The van der Waals surface area contributed by atoms with Crippen LogP contribution in [0.25, 0.3) is 0 Å². The minimum atomic E-state index is -0.964. The van der Waals surface area contributed by atoms with Crippen LogP contribution in [-0.2, 0) is 11.3 Å². The van der Waals surface area contributed by atoms with E-state index in [2.05, 4.69) is 5.32 Å². The number of nitrogens with one attached hydrogen (secondary N) is 1. The number of hydrogen-bond acceptors (Lipinski definition) is 2. The van der Waals surface area contributed by atoms with Crippen molar-refractivity contribution in [3.8, 4) is 0 Å². The Morgan fingerprint density at radius 2 is 1.95 bits per heavy atom. The Morgan fingerprint density at radius 1 is 1.37 bits per heavy atom. The maximum atomic E-state index is 12.7. The molecule has 1 rings (SSSR count). The molecule has 2 amide bonds. The van der Waals surface area contributed by atoms with Crippen molar-refractivity contribution in [2.75, 3.05) is 7.05 Å². The summed E-state index contributed by atoms with van der Waals surface area (Å²) in [5.41, 5.74) is 0.796. The van der Waals surface area contributed by atoms with Gasteiger partial charge in [-0.3, -0.25) is 4.79 Å². The second-order valence-electron chi connectivity index (χ2n) is 4.43. The number of aliphatic carboxylic acids is 1. The Balaban J connectivity index is 2.48. The van der Waals surface area contributed by atoms with Gasteiger partial charge in [0.1, 0.15) is 5.82 Å². The van der Waals surface area contributed by atoms with E-state index in [1.807, 2.05) is 0 Å². The second-order valence-corrected chi connectivity index (χ2v) is 4.43. The number of carboxylic acids is 1. The van der Waals surface area contributed by atoms with Crippen molar-refractivity contribution in [3.05, 3.63) is 35.6 Å². The third-order valence-corrected chi connectivity index (χ3v) is 2.53. The van der Waals surface area contributed by atoms with E-state index in [1.165, 1.54) is 17.0 Å². The van der Waals surface area contributed by atoms with Crippen LogP contribution in [0.4, 0.5) is 9.18 Å². The fourth-order valence-electron chi connectivity index (χ4n) is 1.57. The highest BCUT2D eigenvalue weighted by Crippen LogP contribution is 2.06. The normalized spacial score (nSPS) is 11.7. The zero-order chi connectivity index (χ0) is 14.4. The van der Waals surface area contributed by atoms with Crippen molar-refractivity contribution < 1.29 is 19.1 Å². The van der Waals surface area contributed by atoms with E-state index in [4.69, 9.17) is 5.11 Å². The van der Waals surface area contributed by atoms with Crippen molar-refractivity contribution in [1.82, 2.24) is 10.2 Å². The van der Waals surface area contributed by atoms with E-state index in [9.17, 15) is 14.0 Å². The second kappa shape index (κ2) is 6.72. The predicted molar refractivity (Wildman–Crippen MR) is 68.1 cm³/mol. The van der Waals surface area contributed by atoms with Crippen molar-refractivity contribution in [2.24, 2.45) is 0 Å². The van der Waals surface area contributed by atoms with Gasteiger partial charge in [0.15, 0.2) is 0 Å². The van der Waals surface area contributed by atoms with Crippen LogP contribution in [0.15, 0.2) is 24.3 Å². The molecule has 1 unspecified atom stereocenters. The first-order valence-corrected chi connectivity index (χ1v) is 5.86. The fraction of sp³-hybridized carbons (Fsp3) is 0.385. The van der Waals surface area contributed by atoms with Gasteiger partial charge < -0.3 is 15.3 Å². The molecule has 1 aromatic rings. The molecule has 0 aliphatic carbocycles. The molecule has 2 N–H and O–H groups in total. The highest BCUT2D eigenvalue weighted by Gasteiger charge is 2.14. The molecule has 0 aliphatic heterocycles. The van der Waals surface area contributed by atoms with E-state index in [0.717, 1.165) is 5.56 Å². The lowest BCUT2D eigenvalue weighted by Crippen LogP contribution is -2.42. The van der Waals surface area contributed by atoms with Crippen LogP contribution < -0.4 is 5.32 Å². The number of nitrogens with zero attached hydrogens (tertiary/aromatic N) is 1. The molecule has 0 fully saturated rings. The Bertz CT molecular complexity index is 448. The first kappa shape index (κ1) is 14.9. The molecule has 19 heavy (non-hydrogen) atoms. The number of benzene rings is 1. The van der Waals surface area contributed by atoms with Crippen molar-refractivity contribution in [3.63, 3.8) is 0 Å². The zero-order valence-corrected chi connectivity index (χ0v) is 10.9. The minimum Gasteiger partial charge on any atom is -0.481 e. The highest BCUT2D eigenvalue weighted by atomic mass is 19.1. The number of rotatable bonds is 5. The average molecular weight is 268 g/mol. The minimum absolute atomic E-state index is 0.129. The van der Waals surface area contributed by atoms with Crippen molar-refractivity contribution in [2.45, 2.75) is 25.9 Å². The zero-order valence-electron chi connectivity index (χ0n) is 10.9.